The lowest BCUT2D eigenvalue weighted by atomic mass is 10.2. The van der Waals surface area contributed by atoms with E-state index in [9.17, 15) is 9.59 Å². The summed E-state index contributed by atoms with van der Waals surface area (Å²) in [7, 11) is 1.22. The van der Waals surface area contributed by atoms with Crippen LogP contribution in [-0.2, 0) is 4.74 Å². The van der Waals surface area contributed by atoms with Crippen molar-refractivity contribution in [3.8, 4) is 11.3 Å². The molecule has 2 aromatic heterocycles. The van der Waals surface area contributed by atoms with E-state index < -0.39 is 11.6 Å². The van der Waals surface area contributed by atoms with Gasteiger partial charge in [0.2, 0.25) is 0 Å². The smallest absolute Gasteiger partial charge is 0.352 e. The Kier molecular flexibility index (Phi) is 4.01. The molecule has 0 saturated heterocycles. The SMILES string of the molecule is COC(=O)c1c(SC)cc(-c2cccnc2)oc1=O. The van der Waals surface area contributed by atoms with E-state index in [0.29, 0.717) is 16.2 Å². The van der Waals surface area contributed by atoms with Gasteiger partial charge < -0.3 is 9.15 Å². The molecule has 0 spiro atoms. The molecule has 19 heavy (non-hydrogen) atoms. The number of methoxy groups -OCH3 is 1. The highest BCUT2D eigenvalue weighted by Gasteiger charge is 2.19. The Morgan fingerprint density at radius 3 is 2.84 bits per heavy atom. The van der Waals surface area contributed by atoms with Crippen LogP contribution in [0.25, 0.3) is 11.3 Å². The van der Waals surface area contributed by atoms with E-state index in [-0.39, 0.29) is 5.56 Å². The number of nitrogens with zero attached hydrogens (tertiary/aromatic N) is 1. The highest BCUT2D eigenvalue weighted by atomic mass is 32.2. The van der Waals surface area contributed by atoms with Gasteiger partial charge in [-0.2, -0.15) is 0 Å². The molecule has 6 heteroatoms. The standard InChI is InChI=1S/C13H11NO4S/c1-17-12(15)11-10(19-2)6-9(18-13(11)16)8-4-3-5-14-7-8/h3-7H,1-2H3. The Hall–Kier alpha value is -2.08. The number of aromatic nitrogens is 1. The average Bonchev–Trinajstić information content (AvgIpc) is 2.46. The number of esters is 1. The molecule has 5 nitrogen and oxygen atoms in total. The normalized spacial score (nSPS) is 10.2. The van der Waals surface area contributed by atoms with Gasteiger partial charge in [0.1, 0.15) is 5.76 Å². The van der Waals surface area contributed by atoms with Crippen LogP contribution in [-0.4, -0.2) is 24.3 Å². The second kappa shape index (κ2) is 5.71. The number of rotatable bonds is 3. The van der Waals surface area contributed by atoms with Gasteiger partial charge in [-0.1, -0.05) is 0 Å². The Balaban J connectivity index is 2.61. The van der Waals surface area contributed by atoms with Crippen molar-refractivity contribution in [3.05, 3.63) is 46.6 Å². The fourth-order valence-corrected chi connectivity index (χ4v) is 2.17. The van der Waals surface area contributed by atoms with Crippen molar-refractivity contribution < 1.29 is 13.9 Å². The lowest BCUT2D eigenvalue weighted by molar-refractivity contribution is 0.0591. The lowest BCUT2D eigenvalue weighted by Gasteiger charge is -2.06. The van der Waals surface area contributed by atoms with E-state index in [2.05, 4.69) is 9.72 Å². The third-order valence-corrected chi connectivity index (χ3v) is 3.23. The van der Waals surface area contributed by atoms with E-state index >= 15 is 0 Å². The summed E-state index contributed by atoms with van der Waals surface area (Å²) in [4.78, 5) is 27.9. The second-order valence-electron chi connectivity index (χ2n) is 3.57. The van der Waals surface area contributed by atoms with Gasteiger partial charge in [0.05, 0.1) is 7.11 Å². The summed E-state index contributed by atoms with van der Waals surface area (Å²) >= 11 is 1.28. The van der Waals surface area contributed by atoms with Gasteiger partial charge in [-0.05, 0) is 24.5 Å². The van der Waals surface area contributed by atoms with Crippen molar-refractivity contribution in [2.24, 2.45) is 0 Å². The number of thioether (sulfide) groups is 1. The predicted molar refractivity (Wildman–Crippen MR) is 71.3 cm³/mol. The summed E-state index contributed by atoms with van der Waals surface area (Å²) in [6, 6.07) is 5.14. The minimum Gasteiger partial charge on any atom is -0.465 e. The van der Waals surface area contributed by atoms with Crippen molar-refractivity contribution in [2.45, 2.75) is 4.90 Å². The maximum Gasteiger partial charge on any atom is 0.352 e. The van der Waals surface area contributed by atoms with Crippen LogP contribution in [0.15, 0.2) is 44.7 Å². The zero-order chi connectivity index (χ0) is 13.8. The van der Waals surface area contributed by atoms with Gasteiger partial charge in [0, 0.05) is 22.9 Å². The highest BCUT2D eigenvalue weighted by Crippen LogP contribution is 2.25. The van der Waals surface area contributed by atoms with Crippen LogP contribution < -0.4 is 5.63 Å². The molecule has 0 atom stereocenters. The number of hydrogen-bond acceptors (Lipinski definition) is 6. The summed E-state index contributed by atoms with van der Waals surface area (Å²) in [5.74, 6) is -0.328. The molecule has 0 radical (unpaired) electrons. The summed E-state index contributed by atoms with van der Waals surface area (Å²) in [5.41, 5.74) is -0.119. The Labute approximate surface area is 113 Å². The van der Waals surface area contributed by atoms with Gasteiger partial charge in [-0.15, -0.1) is 11.8 Å². The van der Waals surface area contributed by atoms with Crippen molar-refractivity contribution in [1.29, 1.82) is 0 Å². The van der Waals surface area contributed by atoms with Crippen LogP contribution in [0, 0.1) is 0 Å². The first-order chi connectivity index (χ1) is 9.17. The molecule has 0 aromatic carbocycles. The van der Waals surface area contributed by atoms with E-state index in [1.165, 1.54) is 18.9 Å². The summed E-state index contributed by atoms with van der Waals surface area (Å²) < 4.78 is 9.73. The molecule has 0 aliphatic carbocycles. The Morgan fingerprint density at radius 2 is 2.26 bits per heavy atom. The van der Waals surface area contributed by atoms with Crippen molar-refractivity contribution in [3.63, 3.8) is 0 Å². The zero-order valence-corrected chi connectivity index (χ0v) is 11.2. The second-order valence-corrected chi connectivity index (χ2v) is 4.42. The molecule has 2 aromatic rings. The van der Waals surface area contributed by atoms with Crippen LogP contribution >= 0.6 is 11.8 Å². The van der Waals surface area contributed by atoms with E-state index in [1.54, 1.807) is 36.8 Å². The van der Waals surface area contributed by atoms with E-state index in [0.717, 1.165) is 0 Å². The van der Waals surface area contributed by atoms with Gasteiger partial charge >= 0.3 is 11.6 Å². The average molecular weight is 277 g/mol. The molecule has 0 N–H and O–H groups in total. The fraction of sp³-hybridized carbons (Fsp3) is 0.154. The summed E-state index contributed by atoms with van der Waals surface area (Å²) in [6.07, 6.45) is 4.98. The number of ether oxygens (including phenoxy) is 1. The Bertz CT molecular complexity index is 651. The van der Waals surface area contributed by atoms with Crippen molar-refractivity contribution in [2.75, 3.05) is 13.4 Å². The highest BCUT2D eigenvalue weighted by molar-refractivity contribution is 7.98. The first-order valence-electron chi connectivity index (χ1n) is 5.38. The quantitative estimate of drug-likeness (QED) is 0.633. The first kappa shape index (κ1) is 13.4. The molecule has 0 aliphatic heterocycles. The Morgan fingerprint density at radius 1 is 1.47 bits per heavy atom. The number of carbonyl (C=O) groups is 1. The molecular weight excluding hydrogens is 266 g/mol. The molecule has 0 saturated carbocycles. The van der Waals surface area contributed by atoms with Gasteiger partial charge in [0.15, 0.2) is 5.56 Å². The van der Waals surface area contributed by atoms with Gasteiger partial charge in [-0.25, -0.2) is 9.59 Å². The summed E-state index contributed by atoms with van der Waals surface area (Å²) in [5, 5.41) is 0. The molecule has 0 bridgehead atoms. The van der Waals surface area contributed by atoms with Crippen LogP contribution in [0.5, 0.6) is 0 Å². The third-order valence-electron chi connectivity index (χ3n) is 2.47. The number of carbonyl (C=O) groups excluding carboxylic acids is 1. The number of hydrogen-bond donors (Lipinski definition) is 0. The minimum absolute atomic E-state index is 0.0809. The molecule has 0 amide bonds. The zero-order valence-electron chi connectivity index (χ0n) is 10.4. The van der Waals surface area contributed by atoms with E-state index in [4.69, 9.17) is 4.42 Å². The van der Waals surface area contributed by atoms with Crippen LogP contribution in [0.2, 0.25) is 0 Å². The third kappa shape index (κ3) is 2.68. The van der Waals surface area contributed by atoms with Crippen molar-refractivity contribution >= 4 is 17.7 Å². The van der Waals surface area contributed by atoms with Crippen LogP contribution in [0.4, 0.5) is 0 Å². The molecule has 0 aliphatic rings. The molecule has 0 fully saturated rings. The maximum absolute atomic E-state index is 11.9. The predicted octanol–water partition coefficient (Wildman–Crippen LogP) is 2.21. The number of pyridine rings is 1. The summed E-state index contributed by atoms with van der Waals surface area (Å²) in [6.45, 7) is 0. The molecule has 0 unspecified atom stereocenters. The van der Waals surface area contributed by atoms with Crippen LogP contribution in [0.3, 0.4) is 0 Å². The molecule has 98 valence electrons. The largest absolute Gasteiger partial charge is 0.465 e. The van der Waals surface area contributed by atoms with Crippen molar-refractivity contribution in [1.82, 2.24) is 4.98 Å². The van der Waals surface area contributed by atoms with Gasteiger partial charge in [-0.3, -0.25) is 4.98 Å². The molecule has 2 heterocycles. The first-order valence-corrected chi connectivity index (χ1v) is 6.60. The van der Waals surface area contributed by atoms with Gasteiger partial charge in [0.25, 0.3) is 0 Å². The molecular formula is C13H11NO4S. The molecule has 2 rings (SSSR count). The lowest BCUT2D eigenvalue weighted by Crippen LogP contribution is -2.17. The fourth-order valence-electron chi connectivity index (χ4n) is 1.57. The minimum atomic E-state index is -0.711. The monoisotopic (exact) mass is 277 g/mol. The van der Waals surface area contributed by atoms with Crippen LogP contribution in [0.1, 0.15) is 10.4 Å². The van der Waals surface area contributed by atoms with E-state index in [1.807, 2.05) is 0 Å². The topological polar surface area (TPSA) is 69.4 Å². The maximum atomic E-state index is 11.9.